The molecule has 0 bridgehead atoms. The van der Waals surface area contributed by atoms with Gasteiger partial charge in [0.25, 0.3) is 0 Å². The normalized spacial score (nSPS) is 12.4. The van der Waals surface area contributed by atoms with Crippen LogP contribution in [0.25, 0.3) is 0 Å². The Kier molecular flexibility index (Phi) is 2.57. The predicted molar refractivity (Wildman–Crippen MR) is 55.2 cm³/mol. The molecular formula is C9H12N6. The maximum Gasteiger partial charge on any atom is 0.146 e. The zero-order chi connectivity index (χ0) is 10.7. The van der Waals surface area contributed by atoms with E-state index in [9.17, 15) is 0 Å². The monoisotopic (exact) mass is 204 g/mol. The van der Waals surface area contributed by atoms with Gasteiger partial charge < -0.3 is 5.32 Å². The number of anilines is 1. The van der Waals surface area contributed by atoms with Gasteiger partial charge in [0.1, 0.15) is 23.8 Å². The second-order valence-electron chi connectivity index (χ2n) is 3.23. The van der Waals surface area contributed by atoms with Crippen LogP contribution >= 0.6 is 0 Å². The van der Waals surface area contributed by atoms with Crippen molar-refractivity contribution in [3.63, 3.8) is 0 Å². The van der Waals surface area contributed by atoms with Gasteiger partial charge in [-0.15, -0.1) is 0 Å². The molecule has 15 heavy (non-hydrogen) atoms. The summed E-state index contributed by atoms with van der Waals surface area (Å²) in [5, 5.41) is 9.80. The maximum atomic E-state index is 4.24. The highest BCUT2D eigenvalue weighted by atomic mass is 15.2. The number of hydrogen-bond acceptors (Lipinski definition) is 5. The number of nitrogens with one attached hydrogen (secondary N) is 2. The molecule has 2 heterocycles. The van der Waals surface area contributed by atoms with Gasteiger partial charge in [-0.1, -0.05) is 0 Å². The molecule has 0 saturated carbocycles. The molecule has 0 aromatic carbocycles. The van der Waals surface area contributed by atoms with Gasteiger partial charge in [0.15, 0.2) is 0 Å². The molecule has 78 valence electrons. The van der Waals surface area contributed by atoms with Crippen molar-refractivity contribution in [3.05, 3.63) is 30.2 Å². The Balaban J connectivity index is 2.09. The Hall–Kier alpha value is -1.98. The molecule has 0 amide bonds. The first-order valence-corrected chi connectivity index (χ1v) is 4.67. The lowest BCUT2D eigenvalue weighted by Gasteiger charge is -2.11. The third kappa shape index (κ3) is 2.28. The summed E-state index contributed by atoms with van der Waals surface area (Å²) in [6, 6.07) is 1.86. The highest BCUT2D eigenvalue weighted by molar-refractivity contribution is 5.34. The second kappa shape index (κ2) is 4.04. The molecule has 2 aromatic rings. The second-order valence-corrected chi connectivity index (χ2v) is 3.23. The summed E-state index contributed by atoms with van der Waals surface area (Å²) < 4.78 is 0. The quantitative estimate of drug-likeness (QED) is 0.782. The first kappa shape index (κ1) is 9.57. The van der Waals surface area contributed by atoms with Crippen molar-refractivity contribution in [2.75, 3.05) is 5.32 Å². The lowest BCUT2D eigenvalue weighted by molar-refractivity contribution is 0.787. The van der Waals surface area contributed by atoms with E-state index in [0.717, 1.165) is 17.5 Å². The van der Waals surface area contributed by atoms with E-state index in [4.69, 9.17) is 0 Å². The number of nitrogens with zero attached hydrogens (tertiary/aromatic N) is 4. The third-order valence-corrected chi connectivity index (χ3v) is 1.98. The fourth-order valence-electron chi connectivity index (χ4n) is 1.25. The Morgan fingerprint density at radius 2 is 2.27 bits per heavy atom. The van der Waals surface area contributed by atoms with Crippen molar-refractivity contribution >= 4 is 5.82 Å². The van der Waals surface area contributed by atoms with E-state index in [1.165, 1.54) is 6.33 Å². The maximum absolute atomic E-state index is 4.24. The standard InChI is InChI=1S/C9H12N6/c1-6(9-11-5-12-15-9)13-8-3-4-10-7(2)14-8/h3-6H,1-2H3,(H,10,13,14)(H,11,12,15). The lowest BCUT2D eigenvalue weighted by atomic mass is 10.3. The molecule has 1 unspecified atom stereocenters. The van der Waals surface area contributed by atoms with E-state index in [1.54, 1.807) is 6.20 Å². The van der Waals surface area contributed by atoms with E-state index >= 15 is 0 Å². The Morgan fingerprint density at radius 1 is 1.40 bits per heavy atom. The average Bonchev–Trinajstić information content (AvgIpc) is 2.70. The van der Waals surface area contributed by atoms with Gasteiger partial charge in [0, 0.05) is 6.20 Å². The van der Waals surface area contributed by atoms with Gasteiger partial charge in [-0.25, -0.2) is 15.0 Å². The van der Waals surface area contributed by atoms with Crippen LogP contribution < -0.4 is 5.32 Å². The molecule has 2 N–H and O–H groups in total. The highest BCUT2D eigenvalue weighted by Gasteiger charge is 2.08. The summed E-state index contributed by atoms with van der Waals surface area (Å²) in [6.07, 6.45) is 3.20. The van der Waals surface area contributed by atoms with Gasteiger partial charge in [-0.3, -0.25) is 5.10 Å². The van der Waals surface area contributed by atoms with E-state index in [0.29, 0.717) is 0 Å². The van der Waals surface area contributed by atoms with Gasteiger partial charge in [0.2, 0.25) is 0 Å². The van der Waals surface area contributed by atoms with E-state index < -0.39 is 0 Å². The van der Waals surface area contributed by atoms with Gasteiger partial charge >= 0.3 is 0 Å². The first-order valence-electron chi connectivity index (χ1n) is 4.67. The Bertz CT molecular complexity index is 424. The summed E-state index contributed by atoms with van der Waals surface area (Å²) in [6.45, 7) is 3.84. The fraction of sp³-hybridized carbons (Fsp3) is 0.333. The van der Waals surface area contributed by atoms with Crippen LogP contribution in [0.15, 0.2) is 18.6 Å². The predicted octanol–water partition coefficient (Wildman–Crippen LogP) is 1.08. The van der Waals surface area contributed by atoms with Crippen molar-refractivity contribution in [2.45, 2.75) is 19.9 Å². The van der Waals surface area contributed by atoms with E-state index in [1.807, 2.05) is 19.9 Å². The smallest absolute Gasteiger partial charge is 0.146 e. The number of H-pyrrole nitrogens is 1. The van der Waals surface area contributed by atoms with Gasteiger partial charge in [-0.05, 0) is 19.9 Å². The van der Waals surface area contributed by atoms with Crippen molar-refractivity contribution in [2.24, 2.45) is 0 Å². The van der Waals surface area contributed by atoms with Crippen LogP contribution in [0.1, 0.15) is 24.6 Å². The van der Waals surface area contributed by atoms with Crippen molar-refractivity contribution in [1.29, 1.82) is 0 Å². The van der Waals surface area contributed by atoms with Crippen LogP contribution in [0.4, 0.5) is 5.82 Å². The molecule has 2 aromatic heterocycles. The third-order valence-electron chi connectivity index (χ3n) is 1.98. The zero-order valence-corrected chi connectivity index (χ0v) is 8.60. The number of hydrogen-bond donors (Lipinski definition) is 2. The van der Waals surface area contributed by atoms with Crippen LogP contribution in [-0.2, 0) is 0 Å². The van der Waals surface area contributed by atoms with Crippen LogP contribution in [-0.4, -0.2) is 25.1 Å². The SMILES string of the molecule is Cc1nccc(NC(C)c2ncn[nH]2)n1. The average molecular weight is 204 g/mol. The van der Waals surface area contributed by atoms with Crippen LogP contribution in [0, 0.1) is 6.92 Å². The van der Waals surface area contributed by atoms with Gasteiger partial charge in [-0.2, -0.15) is 5.10 Å². The first-order chi connectivity index (χ1) is 7.25. The molecule has 0 radical (unpaired) electrons. The molecule has 1 atom stereocenters. The zero-order valence-electron chi connectivity index (χ0n) is 8.60. The molecule has 0 saturated heterocycles. The topological polar surface area (TPSA) is 79.4 Å². The summed E-state index contributed by atoms with van der Waals surface area (Å²) >= 11 is 0. The van der Waals surface area contributed by atoms with E-state index in [-0.39, 0.29) is 6.04 Å². The van der Waals surface area contributed by atoms with Gasteiger partial charge in [0.05, 0.1) is 6.04 Å². The van der Waals surface area contributed by atoms with Crippen molar-refractivity contribution in [1.82, 2.24) is 25.1 Å². The van der Waals surface area contributed by atoms with Crippen LogP contribution in [0.2, 0.25) is 0 Å². The summed E-state index contributed by atoms with van der Waals surface area (Å²) in [4.78, 5) is 12.3. The number of rotatable bonds is 3. The minimum absolute atomic E-state index is 0.0433. The number of aromatic amines is 1. The lowest BCUT2D eigenvalue weighted by Crippen LogP contribution is -2.10. The van der Waals surface area contributed by atoms with Crippen molar-refractivity contribution in [3.8, 4) is 0 Å². The Morgan fingerprint density at radius 3 is 2.93 bits per heavy atom. The molecule has 0 aliphatic heterocycles. The van der Waals surface area contributed by atoms with Crippen molar-refractivity contribution < 1.29 is 0 Å². The molecule has 0 aliphatic carbocycles. The molecule has 0 fully saturated rings. The largest absolute Gasteiger partial charge is 0.360 e. The summed E-state index contributed by atoms with van der Waals surface area (Å²) in [7, 11) is 0. The number of aromatic nitrogens is 5. The summed E-state index contributed by atoms with van der Waals surface area (Å²) in [5.74, 6) is 2.31. The molecule has 6 nitrogen and oxygen atoms in total. The Labute approximate surface area is 87.2 Å². The molecule has 0 spiro atoms. The van der Waals surface area contributed by atoms with Crippen LogP contribution in [0.3, 0.4) is 0 Å². The number of aryl methyl sites for hydroxylation is 1. The minimum Gasteiger partial charge on any atom is -0.360 e. The fourth-order valence-corrected chi connectivity index (χ4v) is 1.25. The molecule has 6 heteroatoms. The van der Waals surface area contributed by atoms with E-state index in [2.05, 4.69) is 30.5 Å². The molecule has 2 rings (SSSR count). The summed E-state index contributed by atoms with van der Waals surface area (Å²) in [5.41, 5.74) is 0. The molecular weight excluding hydrogens is 192 g/mol. The van der Waals surface area contributed by atoms with Crippen LogP contribution in [0.5, 0.6) is 0 Å². The minimum atomic E-state index is 0.0433. The molecule has 0 aliphatic rings. The highest BCUT2D eigenvalue weighted by Crippen LogP contribution is 2.12.